The van der Waals surface area contributed by atoms with Gasteiger partial charge in [0.25, 0.3) is 5.91 Å². The molecule has 1 aromatic carbocycles. The summed E-state index contributed by atoms with van der Waals surface area (Å²) in [5.74, 6) is 1.01. The second-order valence-electron chi connectivity index (χ2n) is 5.96. The lowest BCUT2D eigenvalue weighted by molar-refractivity contribution is 0.0950. The molecule has 0 aliphatic heterocycles. The van der Waals surface area contributed by atoms with Crippen molar-refractivity contribution in [3.63, 3.8) is 0 Å². The highest BCUT2D eigenvalue weighted by molar-refractivity contribution is 5.95. The largest absolute Gasteiger partial charge is 0.490 e. The summed E-state index contributed by atoms with van der Waals surface area (Å²) >= 11 is 0. The number of rotatable bonds is 8. The molecule has 0 aliphatic rings. The fourth-order valence-electron chi connectivity index (χ4n) is 2.82. The van der Waals surface area contributed by atoms with E-state index >= 15 is 0 Å². The Morgan fingerprint density at radius 1 is 0.964 bits per heavy atom. The van der Waals surface area contributed by atoms with E-state index in [1.54, 1.807) is 36.8 Å². The lowest BCUT2D eigenvalue weighted by atomic mass is 10.1. The van der Waals surface area contributed by atoms with E-state index in [1.807, 2.05) is 38.1 Å². The number of amides is 1. The summed E-state index contributed by atoms with van der Waals surface area (Å²) in [6, 6.07) is 12.8. The number of nitrogens with one attached hydrogen (secondary N) is 1. The van der Waals surface area contributed by atoms with Gasteiger partial charge >= 0.3 is 0 Å². The maximum absolute atomic E-state index is 12.7. The van der Waals surface area contributed by atoms with E-state index in [1.165, 1.54) is 0 Å². The van der Waals surface area contributed by atoms with Crippen LogP contribution in [0.2, 0.25) is 0 Å². The molecule has 6 heteroatoms. The van der Waals surface area contributed by atoms with Crippen LogP contribution in [0.15, 0.2) is 61.1 Å². The van der Waals surface area contributed by atoms with Crippen LogP contribution in [0, 0.1) is 0 Å². The van der Waals surface area contributed by atoms with Crippen molar-refractivity contribution in [2.45, 2.75) is 20.4 Å². The van der Waals surface area contributed by atoms with E-state index in [4.69, 9.17) is 9.47 Å². The molecule has 0 spiro atoms. The van der Waals surface area contributed by atoms with Crippen LogP contribution < -0.4 is 14.8 Å². The third-order valence-corrected chi connectivity index (χ3v) is 4.09. The van der Waals surface area contributed by atoms with Gasteiger partial charge in [-0.3, -0.25) is 14.8 Å². The Balaban J connectivity index is 1.75. The summed E-state index contributed by atoms with van der Waals surface area (Å²) in [6.07, 6.45) is 5.19. The van der Waals surface area contributed by atoms with Crippen molar-refractivity contribution in [2.24, 2.45) is 0 Å². The Morgan fingerprint density at radius 3 is 2.46 bits per heavy atom. The molecule has 3 rings (SSSR count). The van der Waals surface area contributed by atoms with Crippen molar-refractivity contribution in [1.29, 1.82) is 0 Å². The summed E-state index contributed by atoms with van der Waals surface area (Å²) < 4.78 is 11.1. The minimum atomic E-state index is -0.187. The molecular weight excluding hydrogens is 354 g/mol. The van der Waals surface area contributed by atoms with E-state index in [-0.39, 0.29) is 5.91 Å². The zero-order valence-electron chi connectivity index (χ0n) is 16.0. The molecule has 0 bridgehead atoms. The number of benzene rings is 1. The van der Waals surface area contributed by atoms with E-state index in [9.17, 15) is 4.79 Å². The van der Waals surface area contributed by atoms with E-state index < -0.39 is 0 Å². The van der Waals surface area contributed by atoms with Crippen molar-refractivity contribution >= 4 is 5.91 Å². The molecule has 0 radical (unpaired) electrons. The van der Waals surface area contributed by atoms with Gasteiger partial charge in [-0.15, -0.1) is 0 Å². The van der Waals surface area contributed by atoms with Gasteiger partial charge in [0, 0.05) is 36.3 Å². The number of aromatic nitrogens is 2. The summed E-state index contributed by atoms with van der Waals surface area (Å²) in [7, 11) is 0. The number of ether oxygens (including phenoxy) is 2. The molecule has 2 heterocycles. The minimum absolute atomic E-state index is 0.187. The number of pyridine rings is 2. The minimum Gasteiger partial charge on any atom is -0.490 e. The van der Waals surface area contributed by atoms with Gasteiger partial charge in [-0.25, -0.2) is 0 Å². The first-order valence-corrected chi connectivity index (χ1v) is 9.25. The number of hydrogen-bond acceptors (Lipinski definition) is 5. The van der Waals surface area contributed by atoms with Crippen LogP contribution in [0.4, 0.5) is 0 Å². The Labute approximate surface area is 164 Å². The first-order chi connectivity index (χ1) is 13.7. The van der Waals surface area contributed by atoms with E-state index in [0.29, 0.717) is 36.8 Å². The molecule has 6 nitrogen and oxygen atoms in total. The monoisotopic (exact) mass is 377 g/mol. The molecule has 28 heavy (non-hydrogen) atoms. The molecule has 0 aliphatic carbocycles. The fourth-order valence-corrected chi connectivity index (χ4v) is 2.82. The Kier molecular flexibility index (Phi) is 6.57. The molecule has 0 unspecified atom stereocenters. The highest BCUT2D eigenvalue weighted by Crippen LogP contribution is 2.28. The summed E-state index contributed by atoms with van der Waals surface area (Å²) in [5.41, 5.74) is 3.23. The molecule has 2 aromatic heterocycles. The van der Waals surface area contributed by atoms with Crippen LogP contribution in [0.5, 0.6) is 11.5 Å². The third-order valence-electron chi connectivity index (χ3n) is 4.09. The third kappa shape index (κ3) is 4.65. The lowest BCUT2D eigenvalue weighted by Crippen LogP contribution is -2.23. The predicted molar refractivity (Wildman–Crippen MR) is 107 cm³/mol. The second-order valence-corrected chi connectivity index (χ2v) is 5.96. The lowest BCUT2D eigenvalue weighted by Gasteiger charge is -2.13. The van der Waals surface area contributed by atoms with Crippen LogP contribution in [0.3, 0.4) is 0 Å². The Bertz CT molecular complexity index is 929. The average molecular weight is 377 g/mol. The Morgan fingerprint density at radius 2 is 1.71 bits per heavy atom. The standard InChI is InChI=1S/C22H23N3O3/c1-3-27-19-8-7-17(14-20(19)28-4-2)22(26)25-15-18-6-5-11-24-21(18)16-9-12-23-13-10-16/h5-14H,3-4,15H2,1-2H3,(H,25,26). The maximum Gasteiger partial charge on any atom is 0.251 e. The van der Waals surface area contributed by atoms with Gasteiger partial charge in [-0.2, -0.15) is 0 Å². The molecule has 1 N–H and O–H groups in total. The fraction of sp³-hybridized carbons (Fsp3) is 0.227. The van der Waals surface area contributed by atoms with E-state index in [2.05, 4.69) is 15.3 Å². The van der Waals surface area contributed by atoms with Crippen LogP contribution >= 0.6 is 0 Å². The highest BCUT2D eigenvalue weighted by Gasteiger charge is 2.13. The maximum atomic E-state index is 12.7. The molecule has 3 aromatic rings. The number of carbonyl (C=O) groups excluding carboxylic acids is 1. The first kappa shape index (κ1) is 19.4. The zero-order chi connectivity index (χ0) is 19.8. The smallest absolute Gasteiger partial charge is 0.251 e. The highest BCUT2D eigenvalue weighted by atomic mass is 16.5. The molecule has 0 fully saturated rings. The first-order valence-electron chi connectivity index (χ1n) is 9.25. The molecule has 0 saturated carbocycles. The summed E-state index contributed by atoms with van der Waals surface area (Å²) in [5, 5.41) is 2.96. The average Bonchev–Trinajstić information content (AvgIpc) is 2.74. The summed E-state index contributed by atoms with van der Waals surface area (Å²) in [4.78, 5) is 21.1. The van der Waals surface area contributed by atoms with E-state index in [0.717, 1.165) is 16.8 Å². The number of hydrogen-bond donors (Lipinski definition) is 1. The van der Waals surface area contributed by atoms with Gasteiger partial charge in [0.15, 0.2) is 11.5 Å². The second kappa shape index (κ2) is 9.50. The normalized spacial score (nSPS) is 10.4. The molecule has 1 amide bonds. The van der Waals surface area contributed by atoms with Crippen LogP contribution in [-0.2, 0) is 6.54 Å². The number of nitrogens with zero attached hydrogens (tertiary/aromatic N) is 2. The van der Waals surface area contributed by atoms with Gasteiger partial charge in [0.1, 0.15) is 0 Å². The summed E-state index contributed by atoms with van der Waals surface area (Å²) in [6.45, 7) is 5.19. The Hall–Kier alpha value is -3.41. The van der Waals surface area contributed by atoms with Gasteiger partial charge in [0.2, 0.25) is 0 Å². The van der Waals surface area contributed by atoms with Crippen molar-refractivity contribution in [3.8, 4) is 22.8 Å². The molecule has 0 atom stereocenters. The van der Waals surface area contributed by atoms with Crippen molar-refractivity contribution in [3.05, 3.63) is 72.2 Å². The SMILES string of the molecule is CCOc1ccc(C(=O)NCc2cccnc2-c2ccncc2)cc1OCC. The van der Waals surface area contributed by atoms with Gasteiger partial charge in [-0.1, -0.05) is 6.07 Å². The molecule has 144 valence electrons. The molecular formula is C22H23N3O3. The van der Waals surface area contributed by atoms with Crippen LogP contribution in [0.1, 0.15) is 29.8 Å². The van der Waals surface area contributed by atoms with Crippen LogP contribution in [-0.4, -0.2) is 29.1 Å². The van der Waals surface area contributed by atoms with Crippen LogP contribution in [0.25, 0.3) is 11.3 Å². The van der Waals surface area contributed by atoms with Gasteiger partial charge in [0.05, 0.1) is 18.9 Å². The topological polar surface area (TPSA) is 73.3 Å². The molecule has 0 saturated heterocycles. The predicted octanol–water partition coefficient (Wildman–Crippen LogP) is 3.87. The zero-order valence-corrected chi connectivity index (χ0v) is 16.0. The quantitative estimate of drug-likeness (QED) is 0.645. The number of carbonyl (C=O) groups is 1. The van der Waals surface area contributed by atoms with Crippen molar-refractivity contribution < 1.29 is 14.3 Å². The van der Waals surface area contributed by atoms with Gasteiger partial charge < -0.3 is 14.8 Å². The van der Waals surface area contributed by atoms with Crippen molar-refractivity contribution in [2.75, 3.05) is 13.2 Å². The van der Waals surface area contributed by atoms with Gasteiger partial charge in [-0.05, 0) is 55.8 Å². The van der Waals surface area contributed by atoms with Crippen molar-refractivity contribution in [1.82, 2.24) is 15.3 Å².